The minimum atomic E-state index is -0.249. The normalized spacial score (nSPS) is 14.5. The molecule has 1 saturated carbocycles. The maximum atomic E-state index is 13.4. The molecule has 0 spiro atoms. The summed E-state index contributed by atoms with van der Waals surface area (Å²) in [6.45, 7) is 1.91. The van der Waals surface area contributed by atoms with Crippen molar-refractivity contribution in [2.24, 2.45) is 7.05 Å². The van der Waals surface area contributed by atoms with Crippen LogP contribution in [0, 0.1) is 0 Å². The van der Waals surface area contributed by atoms with Gasteiger partial charge in [-0.15, -0.1) is 0 Å². The van der Waals surface area contributed by atoms with Gasteiger partial charge in [0.15, 0.2) is 0 Å². The van der Waals surface area contributed by atoms with Gasteiger partial charge in [0, 0.05) is 30.4 Å². The summed E-state index contributed by atoms with van der Waals surface area (Å²) in [5.74, 6) is 0.861. The molecule has 8 heteroatoms. The molecule has 1 aliphatic rings. The number of ether oxygens (including phenoxy) is 1. The van der Waals surface area contributed by atoms with E-state index in [1.54, 1.807) is 11.8 Å². The van der Waals surface area contributed by atoms with Gasteiger partial charge in [-0.05, 0) is 44.0 Å². The van der Waals surface area contributed by atoms with Crippen LogP contribution in [0.5, 0.6) is 5.75 Å². The van der Waals surface area contributed by atoms with E-state index in [1.165, 1.54) is 0 Å². The number of hydrogen-bond acceptors (Lipinski definition) is 6. The van der Waals surface area contributed by atoms with Crippen LogP contribution in [0.1, 0.15) is 53.5 Å². The van der Waals surface area contributed by atoms with Crippen LogP contribution in [0.4, 0.5) is 0 Å². The second-order valence-corrected chi connectivity index (χ2v) is 7.92. The van der Waals surface area contributed by atoms with Crippen molar-refractivity contribution in [3.8, 4) is 17.0 Å². The molecule has 0 bridgehead atoms. The molecule has 1 aliphatic carbocycles. The summed E-state index contributed by atoms with van der Waals surface area (Å²) < 4.78 is 12.6. The zero-order valence-corrected chi connectivity index (χ0v) is 17.6. The summed E-state index contributed by atoms with van der Waals surface area (Å²) >= 11 is 0. The van der Waals surface area contributed by atoms with Gasteiger partial charge in [-0.25, -0.2) is 4.98 Å². The molecule has 8 nitrogen and oxygen atoms in total. The maximum absolute atomic E-state index is 13.4. The Balaban J connectivity index is 1.59. The molecule has 0 radical (unpaired) electrons. The average Bonchev–Trinajstić information content (AvgIpc) is 3.40. The number of rotatable bonds is 6. The van der Waals surface area contributed by atoms with Gasteiger partial charge in [-0.2, -0.15) is 5.10 Å². The van der Waals surface area contributed by atoms with E-state index >= 15 is 0 Å². The van der Waals surface area contributed by atoms with E-state index in [9.17, 15) is 4.79 Å². The molecule has 1 N–H and O–H groups in total. The summed E-state index contributed by atoms with van der Waals surface area (Å²) in [5.41, 5.74) is 3.91. The summed E-state index contributed by atoms with van der Waals surface area (Å²) in [7, 11) is 3.46. The lowest BCUT2D eigenvalue weighted by Gasteiger charge is -2.13. The monoisotopic (exact) mass is 417 g/mol. The molecule has 158 valence electrons. The Morgan fingerprint density at radius 2 is 2.13 bits per heavy atom. The fourth-order valence-electron chi connectivity index (χ4n) is 3.72. The molecular formula is C23H23N5O3. The Morgan fingerprint density at radius 1 is 1.29 bits per heavy atom. The first kappa shape index (κ1) is 19.3. The molecule has 1 amide bonds. The minimum Gasteiger partial charge on any atom is -0.497 e. The van der Waals surface area contributed by atoms with E-state index in [1.807, 2.05) is 56.6 Å². The maximum Gasteiger partial charge on any atom is 0.259 e. The molecule has 1 aromatic carbocycles. The van der Waals surface area contributed by atoms with Gasteiger partial charge in [-0.3, -0.25) is 9.48 Å². The van der Waals surface area contributed by atoms with Crippen molar-refractivity contribution >= 4 is 17.0 Å². The van der Waals surface area contributed by atoms with Gasteiger partial charge in [-0.1, -0.05) is 17.3 Å². The number of nitrogens with one attached hydrogen (secondary N) is 1. The second kappa shape index (κ2) is 7.54. The fourth-order valence-corrected chi connectivity index (χ4v) is 3.72. The first-order valence-corrected chi connectivity index (χ1v) is 10.3. The van der Waals surface area contributed by atoms with Gasteiger partial charge in [0.05, 0.1) is 29.8 Å². The number of nitrogens with zero attached hydrogens (tertiary/aromatic N) is 4. The minimum absolute atomic E-state index is 0.209. The standard InChI is InChI=1S/C23H23N5O3/c1-13(18-9-10-28(2)26-18)24-22(29)17-12-19(14-7-8-14)25-23-20(17)21(27-31-23)15-5-4-6-16(11-15)30-3/h4-6,9-14H,7-8H2,1-3H3,(H,24,29)/t13-/m1/s1. The van der Waals surface area contributed by atoms with Crippen molar-refractivity contribution in [3.05, 3.63) is 59.5 Å². The van der Waals surface area contributed by atoms with Crippen molar-refractivity contribution < 1.29 is 14.1 Å². The fraction of sp³-hybridized carbons (Fsp3) is 0.304. The number of carbonyl (C=O) groups excluding carboxylic acids is 1. The van der Waals surface area contributed by atoms with Gasteiger partial charge >= 0.3 is 0 Å². The lowest BCUT2D eigenvalue weighted by atomic mass is 10.0. The molecule has 1 fully saturated rings. The van der Waals surface area contributed by atoms with E-state index in [0.29, 0.717) is 34.0 Å². The van der Waals surface area contributed by atoms with Crippen LogP contribution in [-0.4, -0.2) is 32.9 Å². The van der Waals surface area contributed by atoms with Crippen LogP contribution in [0.2, 0.25) is 0 Å². The van der Waals surface area contributed by atoms with Crippen molar-refractivity contribution in [1.82, 2.24) is 25.2 Å². The molecule has 3 heterocycles. The highest BCUT2D eigenvalue weighted by Gasteiger charge is 2.30. The Bertz CT molecular complexity index is 1270. The molecule has 0 saturated heterocycles. The smallest absolute Gasteiger partial charge is 0.259 e. The van der Waals surface area contributed by atoms with Crippen LogP contribution in [0.25, 0.3) is 22.4 Å². The Labute approximate surface area is 179 Å². The van der Waals surface area contributed by atoms with Crippen LogP contribution >= 0.6 is 0 Å². The predicted octanol–water partition coefficient (Wildman–Crippen LogP) is 4.00. The molecule has 0 unspecified atom stereocenters. The van der Waals surface area contributed by atoms with Gasteiger partial charge in [0.1, 0.15) is 11.4 Å². The van der Waals surface area contributed by atoms with Crippen LogP contribution in [0.15, 0.2) is 47.1 Å². The summed E-state index contributed by atoms with van der Waals surface area (Å²) in [4.78, 5) is 18.0. The molecular weight excluding hydrogens is 394 g/mol. The number of pyridine rings is 1. The zero-order valence-electron chi connectivity index (χ0n) is 17.6. The molecule has 3 aromatic heterocycles. The van der Waals surface area contributed by atoms with Crippen molar-refractivity contribution in [2.45, 2.75) is 31.7 Å². The number of hydrogen-bond donors (Lipinski definition) is 1. The van der Waals surface area contributed by atoms with Crippen LogP contribution < -0.4 is 10.1 Å². The number of aryl methyl sites for hydroxylation is 1. The van der Waals surface area contributed by atoms with Gasteiger partial charge < -0.3 is 14.6 Å². The summed E-state index contributed by atoms with van der Waals surface area (Å²) in [6, 6.07) is 11.0. The van der Waals surface area contributed by atoms with E-state index in [0.717, 1.165) is 29.8 Å². The third-order valence-corrected chi connectivity index (χ3v) is 5.58. The van der Waals surface area contributed by atoms with Gasteiger partial charge in [0.25, 0.3) is 11.6 Å². The van der Waals surface area contributed by atoms with Crippen molar-refractivity contribution in [2.75, 3.05) is 7.11 Å². The highest BCUT2D eigenvalue weighted by molar-refractivity contribution is 6.09. The van der Waals surface area contributed by atoms with Crippen molar-refractivity contribution in [1.29, 1.82) is 0 Å². The number of methoxy groups -OCH3 is 1. The summed E-state index contributed by atoms with van der Waals surface area (Å²) in [5, 5.41) is 12.3. The third kappa shape index (κ3) is 3.65. The molecule has 1 atom stereocenters. The lowest BCUT2D eigenvalue weighted by molar-refractivity contribution is 0.0940. The Morgan fingerprint density at radius 3 is 2.84 bits per heavy atom. The first-order chi connectivity index (χ1) is 15.0. The number of carbonyl (C=O) groups is 1. The molecule has 0 aliphatic heterocycles. The zero-order chi connectivity index (χ0) is 21.5. The third-order valence-electron chi connectivity index (χ3n) is 5.58. The lowest BCUT2D eigenvalue weighted by Crippen LogP contribution is -2.27. The topological polar surface area (TPSA) is 95.1 Å². The van der Waals surface area contributed by atoms with Crippen LogP contribution in [0.3, 0.4) is 0 Å². The summed E-state index contributed by atoms with van der Waals surface area (Å²) in [6.07, 6.45) is 4.00. The molecule has 5 rings (SSSR count). The molecule has 4 aromatic rings. The van der Waals surface area contributed by atoms with E-state index < -0.39 is 0 Å². The Hall–Kier alpha value is -3.68. The second-order valence-electron chi connectivity index (χ2n) is 7.92. The van der Waals surface area contributed by atoms with Gasteiger partial charge in [0.2, 0.25) is 0 Å². The highest BCUT2D eigenvalue weighted by atomic mass is 16.5. The van der Waals surface area contributed by atoms with E-state index in [-0.39, 0.29) is 11.9 Å². The number of fused-ring (bicyclic) bond motifs is 1. The van der Waals surface area contributed by atoms with Crippen molar-refractivity contribution in [3.63, 3.8) is 0 Å². The largest absolute Gasteiger partial charge is 0.497 e. The first-order valence-electron chi connectivity index (χ1n) is 10.3. The quantitative estimate of drug-likeness (QED) is 0.509. The average molecular weight is 417 g/mol. The SMILES string of the molecule is COc1cccc(-c2noc3nc(C4CC4)cc(C(=O)N[C@H](C)c4ccn(C)n4)c23)c1. The number of amides is 1. The highest BCUT2D eigenvalue weighted by Crippen LogP contribution is 2.41. The Kier molecular flexibility index (Phi) is 4.69. The van der Waals surface area contributed by atoms with E-state index in [4.69, 9.17) is 9.26 Å². The predicted molar refractivity (Wildman–Crippen MR) is 115 cm³/mol. The number of aromatic nitrogens is 4. The van der Waals surface area contributed by atoms with E-state index in [2.05, 4.69) is 20.6 Å². The van der Waals surface area contributed by atoms with Crippen LogP contribution in [-0.2, 0) is 7.05 Å². The molecule has 31 heavy (non-hydrogen) atoms. The number of benzene rings is 1.